The van der Waals surface area contributed by atoms with Crippen LogP contribution in [0.25, 0.3) is 0 Å². The molecule has 0 unspecified atom stereocenters. The van der Waals surface area contributed by atoms with E-state index in [0.717, 1.165) is 4.90 Å². The van der Waals surface area contributed by atoms with Gasteiger partial charge in [0.1, 0.15) is 5.82 Å². The van der Waals surface area contributed by atoms with Gasteiger partial charge < -0.3 is 15.1 Å². The van der Waals surface area contributed by atoms with E-state index in [9.17, 15) is 18.8 Å². The van der Waals surface area contributed by atoms with E-state index >= 15 is 0 Å². The van der Waals surface area contributed by atoms with Crippen molar-refractivity contribution in [2.24, 2.45) is 0 Å². The monoisotopic (exact) mass is 433 g/mol. The van der Waals surface area contributed by atoms with Crippen molar-refractivity contribution in [1.82, 2.24) is 9.80 Å². The van der Waals surface area contributed by atoms with Gasteiger partial charge in [0.15, 0.2) is 0 Å². The van der Waals surface area contributed by atoms with Gasteiger partial charge in [-0.25, -0.2) is 4.39 Å². The Balaban J connectivity index is 1.42. The first-order valence-corrected chi connectivity index (χ1v) is 10.4. The van der Waals surface area contributed by atoms with Crippen molar-refractivity contribution in [3.63, 3.8) is 0 Å². The lowest BCUT2D eigenvalue weighted by molar-refractivity contribution is -0.113. The van der Waals surface area contributed by atoms with Crippen LogP contribution in [0.3, 0.4) is 0 Å². The van der Waals surface area contributed by atoms with Crippen molar-refractivity contribution in [1.29, 1.82) is 0 Å². The van der Waals surface area contributed by atoms with Gasteiger partial charge in [0, 0.05) is 41.7 Å². The van der Waals surface area contributed by atoms with E-state index in [-0.39, 0.29) is 17.4 Å². The van der Waals surface area contributed by atoms with E-state index in [4.69, 9.17) is 11.6 Å². The number of hydrogen-bond donors (Lipinski definition) is 1. The van der Waals surface area contributed by atoms with Crippen molar-refractivity contribution >= 4 is 46.8 Å². The molecule has 150 valence electrons. The number of fused-ring (bicyclic) bond motifs is 1. The standard InChI is InChI=1S/C20H17ClFN3O3S/c21-13-2-3-15(22)14(10-13)20(28)25-7-5-24(6-8-25)19(27)12-1-4-17-16(9-12)23-18(26)11-29-17/h1-4,9-10H,5-8,11H2,(H,23,26). The highest BCUT2D eigenvalue weighted by Gasteiger charge is 2.27. The molecule has 2 aromatic carbocycles. The second-order valence-corrected chi connectivity index (χ2v) is 8.21. The van der Waals surface area contributed by atoms with Crippen LogP contribution in [-0.2, 0) is 4.79 Å². The molecule has 2 aliphatic heterocycles. The molecule has 1 N–H and O–H groups in total. The zero-order valence-corrected chi connectivity index (χ0v) is 16.9. The number of piperazine rings is 1. The highest BCUT2D eigenvalue weighted by atomic mass is 35.5. The Morgan fingerprint density at radius 1 is 1.00 bits per heavy atom. The molecule has 4 rings (SSSR count). The van der Waals surface area contributed by atoms with E-state index in [1.807, 2.05) is 6.07 Å². The molecule has 3 amide bonds. The average Bonchev–Trinajstić information content (AvgIpc) is 2.74. The molecule has 0 spiro atoms. The molecule has 0 aliphatic carbocycles. The third-order valence-corrected chi connectivity index (χ3v) is 6.18. The van der Waals surface area contributed by atoms with E-state index in [1.165, 1.54) is 34.9 Å². The molecule has 0 bridgehead atoms. The fourth-order valence-corrected chi connectivity index (χ4v) is 4.30. The summed E-state index contributed by atoms with van der Waals surface area (Å²) in [6.07, 6.45) is 0. The predicted octanol–water partition coefficient (Wildman–Crippen LogP) is 3.12. The molecule has 2 aromatic rings. The summed E-state index contributed by atoms with van der Waals surface area (Å²) in [6, 6.07) is 9.13. The largest absolute Gasteiger partial charge is 0.335 e. The first kappa shape index (κ1) is 19.7. The van der Waals surface area contributed by atoms with E-state index in [2.05, 4.69) is 5.32 Å². The topological polar surface area (TPSA) is 69.7 Å². The fourth-order valence-electron chi connectivity index (χ4n) is 3.34. The molecule has 2 heterocycles. The van der Waals surface area contributed by atoms with Gasteiger partial charge in [-0.1, -0.05) is 11.6 Å². The van der Waals surface area contributed by atoms with Crippen LogP contribution in [0.1, 0.15) is 20.7 Å². The molecule has 0 aromatic heterocycles. The molecule has 6 nitrogen and oxygen atoms in total. The maximum Gasteiger partial charge on any atom is 0.257 e. The van der Waals surface area contributed by atoms with Gasteiger partial charge in [0.2, 0.25) is 5.91 Å². The number of rotatable bonds is 2. The smallest absolute Gasteiger partial charge is 0.257 e. The molecule has 1 fully saturated rings. The summed E-state index contributed by atoms with van der Waals surface area (Å²) in [4.78, 5) is 41.1. The highest BCUT2D eigenvalue weighted by Crippen LogP contribution is 2.32. The fraction of sp³-hybridized carbons (Fsp3) is 0.250. The number of carbonyl (C=O) groups is 3. The Labute approximate surface area is 176 Å². The Hall–Kier alpha value is -2.58. The summed E-state index contributed by atoms with van der Waals surface area (Å²) in [7, 11) is 0. The minimum Gasteiger partial charge on any atom is -0.335 e. The summed E-state index contributed by atoms with van der Waals surface area (Å²) < 4.78 is 14.0. The lowest BCUT2D eigenvalue weighted by atomic mass is 10.1. The Kier molecular flexibility index (Phi) is 5.47. The summed E-state index contributed by atoms with van der Waals surface area (Å²) in [5, 5.41) is 3.07. The number of benzene rings is 2. The number of anilines is 1. The molecule has 0 atom stereocenters. The van der Waals surface area contributed by atoms with Crippen LogP contribution in [0.2, 0.25) is 5.02 Å². The van der Waals surface area contributed by atoms with Gasteiger partial charge in [-0.3, -0.25) is 14.4 Å². The van der Waals surface area contributed by atoms with E-state index < -0.39 is 11.7 Å². The zero-order chi connectivity index (χ0) is 20.5. The van der Waals surface area contributed by atoms with Crippen LogP contribution in [0.5, 0.6) is 0 Å². The van der Waals surface area contributed by atoms with Crippen LogP contribution < -0.4 is 5.32 Å². The van der Waals surface area contributed by atoms with Crippen LogP contribution in [0, 0.1) is 5.82 Å². The summed E-state index contributed by atoms with van der Waals surface area (Å²) in [6.45, 7) is 1.28. The number of nitrogens with zero attached hydrogens (tertiary/aromatic N) is 2. The number of nitrogens with one attached hydrogen (secondary N) is 1. The third-order valence-electron chi connectivity index (χ3n) is 4.87. The van der Waals surface area contributed by atoms with Crippen LogP contribution in [-0.4, -0.2) is 59.5 Å². The van der Waals surface area contributed by atoms with Gasteiger partial charge >= 0.3 is 0 Å². The molecule has 29 heavy (non-hydrogen) atoms. The minimum absolute atomic E-state index is 0.0693. The normalized spacial score (nSPS) is 16.3. The van der Waals surface area contributed by atoms with Gasteiger partial charge in [-0.2, -0.15) is 0 Å². The Morgan fingerprint density at radius 2 is 1.69 bits per heavy atom. The lowest BCUT2D eigenvalue weighted by Gasteiger charge is -2.35. The zero-order valence-electron chi connectivity index (χ0n) is 15.3. The van der Waals surface area contributed by atoms with Crippen LogP contribution in [0.15, 0.2) is 41.3 Å². The molecule has 0 saturated carbocycles. The quantitative estimate of drug-likeness (QED) is 0.790. The number of thioether (sulfide) groups is 1. The first-order valence-electron chi connectivity index (χ1n) is 9.02. The molecule has 1 saturated heterocycles. The predicted molar refractivity (Wildman–Crippen MR) is 109 cm³/mol. The van der Waals surface area contributed by atoms with Gasteiger partial charge in [-0.15, -0.1) is 11.8 Å². The van der Waals surface area contributed by atoms with Crippen molar-refractivity contribution in [2.45, 2.75) is 4.90 Å². The molecule has 9 heteroatoms. The summed E-state index contributed by atoms with van der Waals surface area (Å²) >= 11 is 7.31. The van der Waals surface area contributed by atoms with Gasteiger partial charge in [0.05, 0.1) is 17.0 Å². The van der Waals surface area contributed by atoms with Crippen molar-refractivity contribution in [2.75, 3.05) is 37.2 Å². The number of carbonyl (C=O) groups excluding carboxylic acids is 3. The highest BCUT2D eigenvalue weighted by molar-refractivity contribution is 8.00. The van der Waals surface area contributed by atoms with Crippen molar-refractivity contribution < 1.29 is 18.8 Å². The summed E-state index contributed by atoms with van der Waals surface area (Å²) in [5.74, 6) is -0.951. The van der Waals surface area contributed by atoms with Crippen molar-refractivity contribution in [3.05, 3.63) is 58.4 Å². The van der Waals surface area contributed by atoms with E-state index in [0.29, 0.717) is 48.2 Å². The third kappa shape index (κ3) is 4.09. The Bertz CT molecular complexity index is 1010. The van der Waals surface area contributed by atoms with Crippen molar-refractivity contribution in [3.8, 4) is 0 Å². The Morgan fingerprint density at radius 3 is 2.41 bits per heavy atom. The number of amides is 3. The number of hydrogen-bond acceptors (Lipinski definition) is 4. The minimum atomic E-state index is -0.619. The van der Waals surface area contributed by atoms with Crippen LogP contribution >= 0.6 is 23.4 Å². The summed E-state index contributed by atoms with van der Waals surface area (Å²) in [5.41, 5.74) is 1.05. The first-order chi connectivity index (χ1) is 13.9. The van der Waals surface area contributed by atoms with E-state index in [1.54, 1.807) is 17.0 Å². The second kappa shape index (κ2) is 8.04. The second-order valence-electron chi connectivity index (χ2n) is 6.76. The molecule has 0 radical (unpaired) electrons. The average molecular weight is 434 g/mol. The number of halogens is 2. The van der Waals surface area contributed by atoms with Gasteiger partial charge in [-0.05, 0) is 36.4 Å². The lowest BCUT2D eigenvalue weighted by Crippen LogP contribution is -2.50. The molecular formula is C20H17ClFN3O3S. The molecular weight excluding hydrogens is 417 g/mol. The SMILES string of the molecule is O=C1CSc2ccc(C(=O)N3CCN(C(=O)c4cc(Cl)ccc4F)CC3)cc2N1. The maximum atomic E-state index is 14.0. The van der Waals surface area contributed by atoms with Crippen LogP contribution in [0.4, 0.5) is 10.1 Å². The maximum absolute atomic E-state index is 14.0. The molecule has 2 aliphatic rings. The van der Waals surface area contributed by atoms with Gasteiger partial charge in [0.25, 0.3) is 11.8 Å².